The van der Waals surface area contributed by atoms with Crippen LogP contribution in [0.2, 0.25) is 0 Å². The first-order valence-corrected chi connectivity index (χ1v) is 9.85. The van der Waals surface area contributed by atoms with Gasteiger partial charge in [-0.3, -0.25) is 4.57 Å². The van der Waals surface area contributed by atoms with Crippen LogP contribution in [-0.2, 0) is 6.42 Å². The molecular formula is C24H21N3O2. The van der Waals surface area contributed by atoms with E-state index in [0.29, 0.717) is 17.9 Å². The van der Waals surface area contributed by atoms with Crippen LogP contribution in [0.15, 0.2) is 60.8 Å². The standard InChI is InChI=1S/C24H21N3O2/c1-15-2-9-23(26-25-15)27-11-10-20-13-16(3-8-22(20)27)12-19-7-6-18(17-4-5-17)14-21(19)24(28)29/h2-3,6-11,13-14,17H,4-5,12H2,1H3,(H,28,29). The summed E-state index contributed by atoms with van der Waals surface area (Å²) < 4.78 is 2.01. The van der Waals surface area contributed by atoms with Crippen LogP contribution in [0.4, 0.5) is 0 Å². The van der Waals surface area contributed by atoms with Crippen LogP contribution in [0.1, 0.15) is 51.5 Å². The maximum absolute atomic E-state index is 11.8. The van der Waals surface area contributed by atoms with Crippen molar-refractivity contribution < 1.29 is 9.90 Å². The van der Waals surface area contributed by atoms with Gasteiger partial charge in [-0.25, -0.2) is 4.79 Å². The second-order valence-corrected chi connectivity index (χ2v) is 7.78. The van der Waals surface area contributed by atoms with Crippen molar-refractivity contribution in [2.24, 2.45) is 0 Å². The van der Waals surface area contributed by atoms with Crippen LogP contribution in [0, 0.1) is 6.92 Å². The summed E-state index contributed by atoms with van der Waals surface area (Å²) in [4.78, 5) is 11.8. The molecule has 1 aliphatic rings. The third-order valence-electron chi connectivity index (χ3n) is 5.59. The predicted molar refractivity (Wildman–Crippen MR) is 112 cm³/mol. The molecule has 2 heterocycles. The van der Waals surface area contributed by atoms with E-state index in [-0.39, 0.29) is 0 Å². The molecule has 2 aromatic heterocycles. The summed E-state index contributed by atoms with van der Waals surface area (Å²) in [6.07, 6.45) is 4.91. The quantitative estimate of drug-likeness (QED) is 0.532. The Bertz CT molecular complexity index is 1220. The molecule has 5 nitrogen and oxygen atoms in total. The van der Waals surface area contributed by atoms with Crippen molar-refractivity contribution in [1.29, 1.82) is 0 Å². The first kappa shape index (κ1) is 17.6. The zero-order valence-corrected chi connectivity index (χ0v) is 16.2. The number of carboxylic acids is 1. The normalized spacial score (nSPS) is 13.7. The van der Waals surface area contributed by atoms with Crippen molar-refractivity contribution in [3.8, 4) is 5.82 Å². The maximum Gasteiger partial charge on any atom is 0.335 e. The van der Waals surface area contributed by atoms with E-state index in [1.807, 2.05) is 42.0 Å². The number of rotatable bonds is 5. The molecule has 1 fully saturated rings. The Morgan fingerprint density at radius 2 is 1.93 bits per heavy atom. The lowest BCUT2D eigenvalue weighted by Crippen LogP contribution is -2.04. The number of benzene rings is 2. The summed E-state index contributed by atoms with van der Waals surface area (Å²) in [5, 5.41) is 19.2. The van der Waals surface area contributed by atoms with E-state index in [2.05, 4.69) is 40.5 Å². The number of carbonyl (C=O) groups is 1. The van der Waals surface area contributed by atoms with Crippen LogP contribution < -0.4 is 0 Å². The van der Waals surface area contributed by atoms with Crippen LogP contribution in [0.25, 0.3) is 16.7 Å². The molecule has 2 aromatic carbocycles. The Balaban J connectivity index is 1.47. The van der Waals surface area contributed by atoms with Crippen molar-refractivity contribution in [2.45, 2.75) is 32.1 Å². The number of fused-ring (bicyclic) bond motifs is 1. The van der Waals surface area contributed by atoms with Crippen LogP contribution in [-0.4, -0.2) is 25.8 Å². The molecule has 144 valence electrons. The molecule has 0 amide bonds. The highest BCUT2D eigenvalue weighted by Crippen LogP contribution is 2.40. The number of hydrogen-bond acceptors (Lipinski definition) is 3. The maximum atomic E-state index is 11.8. The predicted octanol–water partition coefficient (Wildman–Crippen LogP) is 4.90. The third-order valence-corrected chi connectivity index (χ3v) is 5.59. The fraction of sp³-hybridized carbons (Fsp3) is 0.208. The average molecular weight is 383 g/mol. The van der Waals surface area contributed by atoms with Gasteiger partial charge in [-0.2, -0.15) is 5.10 Å². The smallest absolute Gasteiger partial charge is 0.335 e. The first-order chi connectivity index (χ1) is 14.1. The van der Waals surface area contributed by atoms with Gasteiger partial charge in [0.1, 0.15) is 0 Å². The fourth-order valence-corrected chi connectivity index (χ4v) is 3.86. The Labute approximate surface area is 168 Å². The van der Waals surface area contributed by atoms with Crippen molar-refractivity contribution in [2.75, 3.05) is 0 Å². The Hall–Kier alpha value is -3.47. The zero-order chi connectivity index (χ0) is 20.0. The molecule has 0 radical (unpaired) electrons. The van der Waals surface area contributed by atoms with Crippen LogP contribution in [0.5, 0.6) is 0 Å². The molecule has 5 heteroatoms. The van der Waals surface area contributed by atoms with E-state index in [0.717, 1.165) is 51.9 Å². The largest absolute Gasteiger partial charge is 0.478 e. The second-order valence-electron chi connectivity index (χ2n) is 7.78. The van der Waals surface area contributed by atoms with Gasteiger partial charge in [0.2, 0.25) is 0 Å². The molecule has 0 saturated heterocycles. The van der Waals surface area contributed by atoms with Gasteiger partial charge in [-0.05, 0) is 85.2 Å². The van der Waals surface area contributed by atoms with E-state index in [1.165, 1.54) is 0 Å². The summed E-state index contributed by atoms with van der Waals surface area (Å²) in [5.41, 5.74) is 5.45. The highest BCUT2D eigenvalue weighted by Gasteiger charge is 2.25. The number of aromatic carboxylic acids is 1. The van der Waals surface area contributed by atoms with E-state index in [4.69, 9.17) is 0 Å². The van der Waals surface area contributed by atoms with Gasteiger partial charge in [0.25, 0.3) is 0 Å². The molecule has 1 saturated carbocycles. The van der Waals surface area contributed by atoms with Crippen LogP contribution >= 0.6 is 0 Å². The number of nitrogens with zero attached hydrogens (tertiary/aromatic N) is 3. The summed E-state index contributed by atoms with van der Waals surface area (Å²) >= 11 is 0. The van der Waals surface area contributed by atoms with E-state index in [9.17, 15) is 9.90 Å². The lowest BCUT2D eigenvalue weighted by molar-refractivity contribution is 0.0695. The molecule has 29 heavy (non-hydrogen) atoms. The monoisotopic (exact) mass is 383 g/mol. The van der Waals surface area contributed by atoms with Crippen LogP contribution in [0.3, 0.4) is 0 Å². The Morgan fingerprint density at radius 1 is 1.07 bits per heavy atom. The first-order valence-electron chi connectivity index (χ1n) is 9.85. The molecule has 4 aromatic rings. The van der Waals surface area contributed by atoms with Gasteiger partial charge in [0.05, 0.1) is 16.8 Å². The van der Waals surface area contributed by atoms with Gasteiger partial charge >= 0.3 is 5.97 Å². The molecule has 0 spiro atoms. The third kappa shape index (κ3) is 3.40. The number of aryl methyl sites for hydroxylation is 1. The lowest BCUT2D eigenvalue weighted by atomic mass is 9.96. The van der Waals surface area contributed by atoms with E-state index >= 15 is 0 Å². The molecule has 0 atom stereocenters. The Morgan fingerprint density at radius 3 is 2.66 bits per heavy atom. The lowest BCUT2D eigenvalue weighted by Gasteiger charge is -2.10. The molecule has 1 aliphatic carbocycles. The summed E-state index contributed by atoms with van der Waals surface area (Å²) in [6.45, 7) is 1.92. The molecule has 0 bridgehead atoms. The fourth-order valence-electron chi connectivity index (χ4n) is 3.86. The minimum atomic E-state index is -0.854. The summed E-state index contributed by atoms with van der Waals surface area (Å²) in [7, 11) is 0. The minimum Gasteiger partial charge on any atom is -0.478 e. The number of carboxylic acid groups (broad SMARTS) is 1. The van der Waals surface area contributed by atoms with Gasteiger partial charge < -0.3 is 5.11 Å². The Kier molecular flexibility index (Phi) is 4.16. The van der Waals surface area contributed by atoms with Crippen molar-refractivity contribution in [3.05, 3.63) is 88.7 Å². The molecule has 0 unspecified atom stereocenters. The SMILES string of the molecule is Cc1ccc(-n2ccc3cc(Cc4ccc(C5CC5)cc4C(=O)O)ccc32)nn1. The van der Waals surface area contributed by atoms with Crippen molar-refractivity contribution >= 4 is 16.9 Å². The molecule has 0 aliphatic heterocycles. The molecule has 1 N–H and O–H groups in total. The van der Waals surface area contributed by atoms with E-state index in [1.54, 1.807) is 0 Å². The van der Waals surface area contributed by atoms with E-state index < -0.39 is 5.97 Å². The van der Waals surface area contributed by atoms with Gasteiger partial charge in [-0.15, -0.1) is 5.10 Å². The average Bonchev–Trinajstić information content (AvgIpc) is 3.48. The second kappa shape index (κ2) is 6.85. The summed E-state index contributed by atoms with van der Waals surface area (Å²) in [5.74, 6) is 0.470. The summed E-state index contributed by atoms with van der Waals surface area (Å²) in [6, 6.07) is 18.1. The minimum absolute atomic E-state index is 0.419. The van der Waals surface area contributed by atoms with Crippen molar-refractivity contribution in [1.82, 2.24) is 14.8 Å². The van der Waals surface area contributed by atoms with Gasteiger partial charge in [0, 0.05) is 11.6 Å². The molecular weight excluding hydrogens is 362 g/mol. The molecule has 5 rings (SSSR count). The highest BCUT2D eigenvalue weighted by molar-refractivity contribution is 5.90. The van der Waals surface area contributed by atoms with Crippen molar-refractivity contribution in [3.63, 3.8) is 0 Å². The van der Waals surface area contributed by atoms with Gasteiger partial charge in [0.15, 0.2) is 5.82 Å². The highest BCUT2D eigenvalue weighted by atomic mass is 16.4. The topological polar surface area (TPSA) is 68.0 Å². The van der Waals surface area contributed by atoms with Gasteiger partial charge in [-0.1, -0.05) is 18.2 Å². The zero-order valence-electron chi connectivity index (χ0n) is 16.2. The number of hydrogen-bond donors (Lipinski definition) is 1. The number of aromatic nitrogens is 3.